The third-order valence-corrected chi connectivity index (χ3v) is 5.91. The normalized spacial score (nSPS) is 26.2. The lowest BCUT2D eigenvalue weighted by Gasteiger charge is -2.37. The molecule has 1 N–H and O–H groups in total. The van der Waals surface area contributed by atoms with Crippen molar-refractivity contribution in [3.05, 3.63) is 22.4 Å². The second-order valence-electron chi connectivity index (χ2n) is 6.83. The van der Waals surface area contributed by atoms with E-state index >= 15 is 0 Å². The summed E-state index contributed by atoms with van der Waals surface area (Å²) in [5.41, 5.74) is 0. The van der Waals surface area contributed by atoms with Gasteiger partial charge >= 0.3 is 0 Å². The fourth-order valence-corrected chi connectivity index (χ4v) is 4.45. The quantitative estimate of drug-likeness (QED) is 0.636. The molecule has 0 saturated carbocycles. The van der Waals surface area contributed by atoms with Gasteiger partial charge in [0.1, 0.15) is 6.10 Å². The van der Waals surface area contributed by atoms with Crippen LogP contribution in [0.2, 0.25) is 0 Å². The van der Waals surface area contributed by atoms with Crippen LogP contribution in [0.15, 0.2) is 22.5 Å². The number of guanidine groups is 1. The minimum Gasteiger partial charge on any atom is -0.375 e. The van der Waals surface area contributed by atoms with E-state index in [1.54, 1.807) is 11.3 Å². The van der Waals surface area contributed by atoms with Crippen molar-refractivity contribution >= 4 is 17.3 Å². The van der Waals surface area contributed by atoms with E-state index in [0.29, 0.717) is 6.04 Å². The van der Waals surface area contributed by atoms with E-state index in [4.69, 9.17) is 9.47 Å². The van der Waals surface area contributed by atoms with E-state index in [1.165, 1.54) is 4.88 Å². The van der Waals surface area contributed by atoms with E-state index in [9.17, 15) is 0 Å². The molecule has 3 atom stereocenters. The minimum absolute atomic E-state index is 0.150. The standard InChI is InChI=1S/C18H30N4O2S/c1-19-18(20-12-14(21(2)3)17-7-5-11-25-17)22-8-10-24-16(13-22)15-6-4-9-23-15/h5,7,11,14-16H,4,6,8-10,12-13H2,1-3H3,(H,19,20). The van der Waals surface area contributed by atoms with Crippen LogP contribution in [0.25, 0.3) is 0 Å². The number of hydrogen-bond acceptors (Lipinski definition) is 5. The Morgan fingerprint density at radius 3 is 2.88 bits per heavy atom. The molecule has 2 saturated heterocycles. The van der Waals surface area contributed by atoms with Gasteiger partial charge in [0.05, 0.1) is 18.8 Å². The highest BCUT2D eigenvalue weighted by Crippen LogP contribution is 2.23. The molecule has 0 bridgehead atoms. The van der Waals surface area contributed by atoms with Crippen LogP contribution in [0.5, 0.6) is 0 Å². The van der Waals surface area contributed by atoms with E-state index in [-0.39, 0.29) is 12.2 Å². The molecule has 2 fully saturated rings. The zero-order valence-electron chi connectivity index (χ0n) is 15.5. The van der Waals surface area contributed by atoms with Crippen LogP contribution in [0.4, 0.5) is 0 Å². The molecule has 2 aliphatic rings. The molecule has 0 radical (unpaired) electrons. The highest BCUT2D eigenvalue weighted by Gasteiger charge is 2.32. The molecule has 3 unspecified atom stereocenters. The van der Waals surface area contributed by atoms with Gasteiger partial charge in [-0.25, -0.2) is 0 Å². The lowest BCUT2D eigenvalue weighted by atomic mass is 10.1. The Labute approximate surface area is 154 Å². The Balaban J connectivity index is 1.58. The molecule has 3 rings (SSSR count). The Morgan fingerprint density at radius 2 is 2.24 bits per heavy atom. The van der Waals surface area contributed by atoms with Crippen molar-refractivity contribution in [1.82, 2.24) is 15.1 Å². The first-order chi connectivity index (χ1) is 12.2. The second kappa shape index (κ2) is 8.98. The van der Waals surface area contributed by atoms with Crippen LogP contribution >= 0.6 is 11.3 Å². The average Bonchev–Trinajstić information content (AvgIpc) is 3.32. The van der Waals surface area contributed by atoms with Gasteiger partial charge in [0, 0.05) is 38.2 Å². The summed E-state index contributed by atoms with van der Waals surface area (Å²) in [6.07, 6.45) is 2.63. The van der Waals surface area contributed by atoms with Crippen molar-refractivity contribution < 1.29 is 9.47 Å². The number of aliphatic imine (C=N–C) groups is 1. The highest BCUT2D eigenvalue weighted by atomic mass is 32.1. The maximum absolute atomic E-state index is 5.95. The fourth-order valence-electron chi connectivity index (χ4n) is 3.53. The summed E-state index contributed by atoms with van der Waals surface area (Å²) in [4.78, 5) is 10.4. The van der Waals surface area contributed by atoms with Gasteiger partial charge in [0.15, 0.2) is 5.96 Å². The molecule has 1 aromatic heterocycles. The van der Waals surface area contributed by atoms with Crippen molar-refractivity contribution in [3.63, 3.8) is 0 Å². The van der Waals surface area contributed by atoms with E-state index in [1.807, 2.05) is 7.05 Å². The SMILES string of the molecule is CN=C(NCC(c1cccs1)N(C)C)N1CCOC(C2CCCO2)C1. The molecule has 25 heavy (non-hydrogen) atoms. The highest BCUT2D eigenvalue weighted by molar-refractivity contribution is 7.10. The third-order valence-electron chi connectivity index (χ3n) is 4.93. The van der Waals surface area contributed by atoms with Crippen LogP contribution in [0, 0.1) is 0 Å². The molecular weight excluding hydrogens is 336 g/mol. The number of ether oxygens (including phenoxy) is 2. The van der Waals surface area contributed by atoms with E-state index < -0.39 is 0 Å². The van der Waals surface area contributed by atoms with Crippen molar-refractivity contribution in [2.24, 2.45) is 4.99 Å². The number of nitrogens with one attached hydrogen (secondary N) is 1. The summed E-state index contributed by atoms with van der Waals surface area (Å²) < 4.78 is 11.8. The molecule has 0 amide bonds. The molecule has 0 spiro atoms. The zero-order valence-corrected chi connectivity index (χ0v) is 16.3. The van der Waals surface area contributed by atoms with Crippen LogP contribution < -0.4 is 5.32 Å². The van der Waals surface area contributed by atoms with Gasteiger partial charge in [-0.3, -0.25) is 4.99 Å². The summed E-state index contributed by atoms with van der Waals surface area (Å²) in [5, 5.41) is 5.70. The number of morpholine rings is 1. The topological polar surface area (TPSA) is 49.3 Å². The predicted octanol–water partition coefficient (Wildman–Crippen LogP) is 1.81. The van der Waals surface area contributed by atoms with E-state index in [0.717, 1.165) is 51.6 Å². The van der Waals surface area contributed by atoms with Crippen molar-refractivity contribution in [1.29, 1.82) is 0 Å². The van der Waals surface area contributed by atoms with Crippen molar-refractivity contribution in [2.75, 3.05) is 54.0 Å². The lowest BCUT2D eigenvalue weighted by molar-refractivity contribution is -0.0817. The summed E-state index contributed by atoms with van der Waals surface area (Å²) in [7, 11) is 6.10. The van der Waals surface area contributed by atoms with Crippen molar-refractivity contribution in [3.8, 4) is 0 Å². The van der Waals surface area contributed by atoms with Crippen LogP contribution in [0.3, 0.4) is 0 Å². The Bertz CT molecular complexity index is 543. The second-order valence-corrected chi connectivity index (χ2v) is 7.81. The van der Waals surface area contributed by atoms with Crippen LogP contribution in [-0.2, 0) is 9.47 Å². The van der Waals surface area contributed by atoms with E-state index in [2.05, 4.69) is 51.7 Å². The molecule has 2 aliphatic heterocycles. The van der Waals surface area contributed by atoms with Gasteiger partial charge in [0.25, 0.3) is 0 Å². The van der Waals surface area contributed by atoms with Gasteiger partial charge in [-0.1, -0.05) is 6.07 Å². The molecule has 1 aromatic rings. The zero-order chi connectivity index (χ0) is 17.6. The summed E-state index contributed by atoms with van der Waals surface area (Å²) in [6.45, 7) is 4.14. The Kier molecular flexibility index (Phi) is 6.70. The van der Waals surface area contributed by atoms with Gasteiger partial charge in [-0.15, -0.1) is 11.3 Å². The number of nitrogens with zero attached hydrogens (tertiary/aromatic N) is 3. The number of hydrogen-bond donors (Lipinski definition) is 1. The molecule has 6 nitrogen and oxygen atoms in total. The monoisotopic (exact) mass is 366 g/mol. The summed E-state index contributed by atoms with van der Waals surface area (Å²) in [5.74, 6) is 0.953. The number of thiophene rings is 1. The molecular formula is C18H30N4O2S. The first-order valence-electron chi connectivity index (χ1n) is 9.07. The van der Waals surface area contributed by atoms with Gasteiger partial charge in [0.2, 0.25) is 0 Å². The molecule has 0 aliphatic carbocycles. The fraction of sp³-hybridized carbons (Fsp3) is 0.722. The molecule has 7 heteroatoms. The van der Waals surface area contributed by atoms with Gasteiger partial charge < -0.3 is 24.6 Å². The Morgan fingerprint density at radius 1 is 1.40 bits per heavy atom. The first kappa shape index (κ1) is 18.6. The summed E-state index contributed by atoms with van der Waals surface area (Å²) >= 11 is 1.80. The maximum Gasteiger partial charge on any atom is 0.193 e. The average molecular weight is 367 g/mol. The lowest BCUT2D eigenvalue weighted by Crippen LogP contribution is -2.54. The maximum atomic E-state index is 5.95. The number of likely N-dealkylation sites (N-methyl/N-ethyl adjacent to an activating group) is 1. The summed E-state index contributed by atoms with van der Waals surface area (Å²) in [6, 6.07) is 4.65. The van der Waals surface area contributed by atoms with Crippen molar-refractivity contribution in [2.45, 2.75) is 31.1 Å². The third kappa shape index (κ3) is 4.73. The first-order valence-corrected chi connectivity index (χ1v) is 9.95. The van der Waals surface area contributed by atoms with Crippen LogP contribution in [0.1, 0.15) is 23.8 Å². The molecule has 0 aromatic carbocycles. The molecule has 3 heterocycles. The van der Waals surface area contributed by atoms with Gasteiger partial charge in [-0.05, 0) is 38.4 Å². The minimum atomic E-state index is 0.150. The smallest absolute Gasteiger partial charge is 0.193 e. The van der Waals surface area contributed by atoms with Crippen LogP contribution in [-0.4, -0.2) is 82.0 Å². The molecule has 140 valence electrons. The predicted molar refractivity (Wildman–Crippen MR) is 102 cm³/mol. The number of rotatable bonds is 5. The largest absolute Gasteiger partial charge is 0.375 e. The Hall–Kier alpha value is -1.15. The van der Waals surface area contributed by atoms with Gasteiger partial charge in [-0.2, -0.15) is 0 Å².